The number of nitrogens with one attached hydrogen (secondary N) is 1. The zero-order valence-electron chi connectivity index (χ0n) is 30.5. The smallest absolute Gasteiger partial charge is 0.330 e. The van der Waals surface area contributed by atoms with Crippen molar-refractivity contribution >= 4 is 8.32 Å². The Morgan fingerprint density at radius 3 is 2.00 bits per heavy atom. The molecule has 1 saturated heterocycles. The highest BCUT2D eigenvalue weighted by atomic mass is 28.4. The molecular formula is C38H47N5O7Si. The number of aromatic amines is 1. The fraction of sp³-hybridized carbons (Fsp3) is 0.421. The summed E-state index contributed by atoms with van der Waals surface area (Å²) < 4.78 is 33.5. The minimum absolute atomic E-state index is 0.0152. The molecule has 1 aromatic heterocycles. The van der Waals surface area contributed by atoms with Crippen LogP contribution in [-0.4, -0.2) is 57.4 Å². The van der Waals surface area contributed by atoms with Gasteiger partial charge in [0.25, 0.3) is 5.56 Å². The van der Waals surface area contributed by atoms with Crippen LogP contribution in [0, 0.1) is 6.92 Å². The molecule has 0 aliphatic carbocycles. The fourth-order valence-corrected chi connectivity index (χ4v) is 7.64. The topological polar surface area (TPSA) is 150 Å². The van der Waals surface area contributed by atoms with Crippen LogP contribution in [0.4, 0.5) is 0 Å². The summed E-state index contributed by atoms with van der Waals surface area (Å²) in [6, 6.07) is 25.4. The minimum Gasteiger partial charge on any atom is -0.497 e. The van der Waals surface area contributed by atoms with Crippen LogP contribution in [0.3, 0.4) is 0 Å². The van der Waals surface area contributed by atoms with Gasteiger partial charge in [0.05, 0.1) is 33.5 Å². The van der Waals surface area contributed by atoms with Crippen molar-refractivity contribution in [1.82, 2.24) is 9.55 Å². The fourth-order valence-electron chi connectivity index (χ4n) is 6.29. The third kappa shape index (κ3) is 7.53. The molecule has 1 fully saturated rings. The first-order chi connectivity index (χ1) is 24.2. The molecule has 3 aromatic carbocycles. The van der Waals surface area contributed by atoms with Gasteiger partial charge in [-0.15, -0.1) is 0 Å². The van der Waals surface area contributed by atoms with E-state index in [0.717, 1.165) is 16.7 Å². The number of hydrogen-bond acceptors (Lipinski definition) is 8. The Balaban J connectivity index is 1.68. The predicted octanol–water partition coefficient (Wildman–Crippen LogP) is 7.01. The van der Waals surface area contributed by atoms with E-state index in [1.807, 2.05) is 78.9 Å². The number of hydrogen-bond donors (Lipinski definition) is 1. The van der Waals surface area contributed by atoms with Crippen LogP contribution >= 0.6 is 0 Å². The summed E-state index contributed by atoms with van der Waals surface area (Å²) in [4.78, 5) is 31.2. The minimum atomic E-state index is -2.44. The molecule has 270 valence electrons. The molecule has 0 bridgehead atoms. The van der Waals surface area contributed by atoms with Gasteiger partial charge >= 0.3 is 5.69 Å². The number of aromatic nitrogens is 2. The molecule has 1 aliphatic heterocycles. The highest BCUT2D eigenvalue weighted by molar-refractivity contribution is 6.74. The van der Waals surface area contributed by atoms with Gasteiger partial charge in [0.15, 0.2) is 14.0 Å². The van der Waals surface area contributed by atoms with E-state index in [1.54, 1.807) is 21.1 Å². The van der Waals surface area contributed by atoms with Gasteiger partial charge in [-0.1, -0.05) is 80.5 Å². The summed E-state index contributed by atoms with van der Waals surface area (Å²) in [5.74, 6) is 1.39. The highest BCUT2D eigenvalue weighted by Crippen LogP contribution is 2.46. The summed E-state index contributed by atoms with van der Waals surface area (Å²) in [7, 11) is 0.805. The first-order valence-corrected chi connectivity index (χ1v) is 19.8. The first-order valence-electron chi connectivity index (χ1n) is 16.9. The molecule has 2 heterocycles. The summed E-state index contributed by atoms with van der Waals surface area (Å²) in [5.41, 5.74) is 8.50. The van der Waals surface area contributed by atoms with E-state index in [9.17, 15) is 15.1 Å². The lowest BCUT2D eigenvalue weighted by atomic mass is 9.80. The van der Waals surface area contributed by atoms with Crippen molar-refractivity contribution in [3.63, 3.8) is 0 Å². The Hall–Kier alpha value is -4.65. The van der Waals surface area contributed by atoms with E-state index in [-0.39, 0.29) is 24.6 Å². The maximum atomic E-state index is 13.4. The van der Waals surface area contributed by atoms with Gasteiger partial charge in [-0.2, -0.15) is 0 Å². The van der Waals surface area contributed by atoms with Crippen LogP contribution in [0.1, 0.15) is 49.4 Å². The summed E-state index contributed by atoms with van der Waals surface area (Å²) in [5, 5.41) is 3.74. The lowest BCUT2D eigenvalue weighted by molar-refractivity contribution is -0.136. The Labute approximate surface area is 299 Å². The molecule has 3 atom stereocenters. The van der Waals surface area contributed by atoms with Crippen molar-refractivity contribution in [2.45, 2.75) is 75.8 Å². The van der Waals surface area contributed by atoms with E-state index in [4.69, 9.17) is 23.4 Å². The van der Waals surface area contributed by atoms with Gasteiger partial charge in [-0.25, -0.2) is 4.79 Å². The average molecular weight is 714 g/mol. The van der Waals surface area contributed by atoms with Crippen molar-refractivity contribution in [3.05, 3.63) is 139 Å². The zero-order chi connectivity index (χ0) is 37.0. The highest BCUT2D eigenvalue weighted by Gasteiger charge is 2.53. The molecule has 51 heavy (non-hydrogen) atoms. The Kier molecular flexibility index (Phi) is 11.0. The van der Waals surface area contributed by atoms with E-state index in [0.29, 0.717) is 17.1 Å². The number of methoxy groups -OCH3 is 2. The lowest BCUT2D eigenvalue weighted by Gasteiger charge is -2.40. The van der Waals surface area contributed by atoms with Crippen LogP contribution < -0.4 is 20.7 Å². The SMILES string of the molecule is COc1ccc(C(OC[C@H]2O[C@@](CN=[N+]=[N-])(n3cc(C)c(=O)[nH]c3=O)CC2O[Si](C)(C)C(C)(C)C)(c2ccccc2)c2ccc(OC)cc2)cc1. The van der Waals surface area contributed by atoms with E-state index < -0.39 is 43.1 Å². The summed E-state index contributed by atoms with van der Waals surface area (Å²) >= 11 is 0. The van der Waals surface area contributed by atoms with Gasteiger partial charge in [0, 0.05) is 23.1 Å². The average Bonchev–Trinajstić information content (AvgIpc) is 3.46. The summed E-state index contributed by atoms with van der Waals surface area (Å²) in [6.07, 6.45) is 0.316. The van der Waals surface area contributed by atoms with Gasteiger partial charge in [0.2, 0.25) is 0 Å². The van der Waals surface area contributed by atoms with E-state index in [2.05, 4.69) is 48.9 Å². The molecule has 0 amide bonds. The number of nitrogens with zero attached hydrogens (tertiary/aromatic N) is 4. The van der Waals surface area contributed by atoms with Crippen LogP contribution in [-0.2, 0) is 25.2 Å². The van der Waals surface area contributed by atoms with Crippen LogP contribution in [0.2, 0.25) is 18.1 Å². The van der Waals surface area contributed by atoms with Crippen molar-refractivity contribution in [1.29, 1.82) is 0 Å². The lowest BCUT2D eigenvalue weighted by Crippen LogP contribution is -2.47. The second kappa shape index (κ2) is 14.9. The molecule has 4 aromatic rings. The van der Waals surface area contributed by atoms with Crippen molar-refractivity contribution in [2.75, 3.05) is 27.4 Å². The third-order valence-corrected chi connectivity index (χ3v) is 14.6. The summed E-state index contributed by atoms with van der Waals surface area (Å²) in [6.45, 7) is 12.2. The van der Waals surface area contributed by atoms with Crippen LogP contribution in [0.25, 0.3) is 10.4 Å². The molecule has 0 spiro atoms. The number of rotatable bonds is 13. The van der Waals surface area contributed by atoms with Gasteiger partial charge in [0.1, 0.15) is 23.2 Å². The van der Waals surface area contributed by atoms with E-state index >= 15 is 0 Å². The van der Waals surface area contributed by atoms with Gasteiger partial charge in [-0.3, -0.25) is 14.3 Å². The third-order valence-electron chi connectivity index (χ3n) is 10.1. The molecular weight excluding hydrogens is 667 g/mol. The standard InChI is InChI=1S/C38H47N5O7Si/c1-26-23-43(35(45)41-34(26)44)37(25-40-42-39)22-32(50-51(7,8)36(2,3)4)33(49-37)24-48-38(27-12-10-9-11-13-27,28-14-18-30(46-5)19-15-28)29-16-20-31(47-6)21-17-29/h9-21,23,32-33H,22,24-25H2,1-8H3,(H,41,44,45)/t32?,33-,37+/m1/s1. The molecule has 0 saturated carbocycles. The second-order valence-electron chi connectivity index (χ2n) is 14.4. The second-order valence-corrected chi connectivity index (χ2v) is 19.1. The van der Waals surface area contributed by atoms with Crippen molar-refractivity contribution < 1.29 is 23.4 Å². The van der Waals surface area contributed by atoms with Gasteiger partial charge in [-0.05, 0) is 71.5 Å². The number of benzene rings is 3. The number of aryl methyl sites for hydroxylation is 1. The van der Waals surface area contributed by atoms with Crippen LogP contribution in [0.15, 0.2) is 99.8 Å². The molecule has 1 N–H and O–H groups in total. The van der Waals surface area contributed by atoms with Gasteiger partial charge < -0.3 is 23.4 Å². The predicted molar refractivity (Wildman–Crippen MR) is 198 cm³/mol. The molecule has 5 rings (SSSR count). The Bertz CT molecular complexity index is 1920. The normalized spacial score (nSPS) is 19.4. The number of azide groups is 1. The zero-order valence-corrected chi connectivity index (χ0v) is 31.5. The molecule has 13 heteroatoms. The first kappa shape index (κ1) is 37.6. The van der Waals surface area contributed by atoms with Crippen molar-refractivity contribution in [3.8, 4) is 11.5 Å². The Morgan fingerprint density at radius 1 is 0.941 bits per heavy atom. The largest absolute Gasteiger partial charge is 0.497 e. The number of ether oxygens (including phenoxy) is 4. The molecule has 0 radical (unpaired) electrons. The van der Waals surface area contributed by atoms with Crippen molar-refractivity contribution in [2.24, 2.45) is 5.11 Å². The Morgan fingerprint density at radius 2 is 1.49 bits per heavy atom. The quantitative estimate of drug-likeness (QED) is 0.0515. The molecule has 1 aliphatic rings. The van der Waals surface area contributed by atoms with E-state index in [1.165, 1.54) is 10.8 Å². The molecule has 1 unspecified atom stereocenters. The number of H-pyrrole nitrogens is 1. The monoisotopic (exact) mass is 713 g/mol. The molecule has 12 nitrogen and oxygen atoms in total. The van der Waals surface area contributed by atoms with Crippen LogP contribution in [0.5, 0.6) is 11.5 Å². The maximum absolute atomic E-state index is 13.4. The maximum Gasteiger partial charge on any atom is 0.330 e.